The van der Waals surface area contributed by atoms with E-state index in [0.717, 1.165) is 31.2 Å². The molecule has 1 aromatic rings. The molecule has 1 atom stereocenters. The molecule has 1 aromatic carbocycles. The van der Waals surface area contributed by atoms with E-state index in [9.17, 15) is 4.39 Å². The summed E-state index contributed by atoms with van der Waals surface area (Å²) < 4.78 is 18.5. The molecule has 2 N–H and O–H groups in total. The number of aliphatic imine (C=N–C) groups is 1. The lowest BCUT2D eigenvalue weighted by molar-refractivity contribution is 0.230. The van der Waals surface area contributed by atoms with Crippen LogP contribution in [-0.4, -0.2) is 43.7 Å². The van der Waals surface area contributed by atoms with Gasteiger partial charge in [0, 0.05) is 13.1 Å². The van der Waals surface area contributed by atoms with Crippen LogP contribution in [0.4, 0.5) is 4.39 Å². The monoisotopic (exact) mass is 455 g/mol. The highest BCUT2D eigenvalue weighted by molar-refractivity contribution is 14.0. The molecule has 0 amide bonds. The predicted molar refractivity (Wildman–Crippen MR) is 109 cm³/mol. The van der Waals surface area contributed by atoms with Gasteiger partial charge in [-0.3, -0.25) is 0 Å². The number of thioether (sulfide) groups is 1. The maximum absolute atomic E-state index is 12.8. The van der Waals surface area contributed by atoms with Crippen LogP contribution in [0.2, 0.25) is 0 Å². The van der Waals surface area contributed by atoms with Crippen molar-refractivity contribution in [3.63, 3.8) is 0 Å². The Morgan fingerprint density at radius 3 is 2.61 bits per heavy atom. The second-order valence-electron chi connectivity index (χ2n) is 4.88. The Bertz CT molecular complexity index is 445. The Morgan fingerprint density at radius 2 is 2.00 bits per heavy atom. The van der Waals surface area contributed by atoms with Gasteiger partial charge in [0.1, 0.15) is 17.7 Å². The lowest BCUT2D eigenvalue weighted by Gasteiger charge is -2.15. The van der Waals surface area contributed by atoms with Crippen molar-refractivity contribution < 1.29 is 9.13 Å². The van der Waals surface area contributed by atoms with Crippen molar-refractivity contribution in [2.75, 3.05) is 31.6 Å². The van der Waals surface area contributed by atoms with Crippen LogP contribution in [0.1, 0.15) is 20.3 Å². The number of halogens is 2. The van der Waals surface area contributed by atoms with Crippen LogP contribution in [0, 0.1) is 5.82 Å². The summed E-state index contributed by atoms with van der Waals surface area (Å²) in [4.78, 5) is 4.51. The number of guanidine groups is 1. The molecule has 132 valence electrons. The molecular weight excluding hydrogens is 428 g/mol. The number of hydrogen-bond acceptors (Lipinski definition) is 3. The summed E-state index contributed by atoms with van der Waals surface area (Å²) in [6.45, 7) is 6.25. The Hall–Kier alpha value is -0.700. The van der Waals surface area contributed by atoms with Crippen molar-refractivity contribution in [1.82, 2.24) is 10.6 Å². The summed E-state index contributed by atoms with van der Waals surface area (Å²) in [5, 5.41) is 6.52. The standard InChI is InChI=1S/C16H26FN3OS.HI/c1-4-18-16(19-10-5-11-22-3)20-12-13(2)21-15-8-6-14(17)7-9-15;/h6-9,13H,4-5,10-12H2,1-3H3,(H2,18,19,20);1H. The molecule has 0 spiro atoms. The number of nitrogens with zero attached hydrogens (tertiary/aromatic N) is 1. The SMILES string of the molecule is CCNC(=NCC(C)Oc1ccc(F)cc1)NCCCSC.I. The van der Waals surface area contributed by atoms with Crippen LogP contribution in [-0.2, 0) is 0 Å². The van der Waals surface area contributed by atoms with Crippen LogP contribution >= 0.6 is 35.7 Å². The zero-order valence-electron chi connectivity index (χ0n) is 14.0. The van der Waals surface area contributed by atoms with E-state index in [2.05, 4.69) is 21.9 Å². The van der Waals surface area contributed by atoms with E-state index in [1.54, 1.807) is 12.1 Å². The minimum Gasteiger partial charge on any atom is -0.489 e. The van der Waals surface area contributed by atoms with E-state index >= 15 is 0 Å². The first-order valence-electron chi connectivity index (χ1n) is 7.59. The molecule has 0 saturated heterocycles. The summed E-state index contributed by atoms with van der Waals surface area (Å²) in [6, 6.07) is 6.04. The Balaban J connectivity index is 0.00000484. The topological polar surface area (TPSA) is 45.7 Å². The van der Waals surface area contributed by atoms with E-state index in [4.69, 9.17) is 4.74 Å². The maximum Gasteiger partial charge on any atom is 0.191 e. The summed E-state index contributed by atoms with van der Waals surface area (Å²) in [7, 11) is 0. The second-order valence-corrected chi connectivity index (χ2v) is 5.86. The van der Waals surface area contributed by atoms with Gasteiger partial charge in [-0.1, -0.05) is 0 Å². The van der Waals surface area contributed by atoms with Crippen molar-refractivity contribution in [2.24, 2.45) is 4.99 Å². The normalized spacial score (nSPS) is 12.3. The summed E-state index contributed by atoms with van der Waals surface area (Å²) >= 11 is 1.84. The van der Waals surface area contributed by atoms with Gasteiger partial charge in [-0.25, -0.2) is 9.38 Å². The number of hydrogen-bond donors (Lipinski definition) is 2. The molecule has 0 aromatic heterocycles. The van der Waals surface area contributed by atoms with Crippen LogP contribution in [0.5, 0.6) is 5.75 Å². The van der Waals surface area contributed by atoms with E-state index in [1.165, 1.54) is 12.1 Å². The highest BCUT2D eigenvalue weighted by Crippen LogP contribution is 2.12. The minimum atomic E-state index is -0.262. The number of rotatable bonds is 9. The molecule has 23 heavy (non-hydrogen) atoms. The van der Waals surface area contributed by atoms with Gasteiger partial charge in [0.05, 0.1) is 6.54 Å². The van der Waals surface area contributed by atoms with Crippen LogP contribution in [0.25, 0.3) is 0 Å². The summed E-state index contributed by atoms with van der Waals surface area (Å²) in [5.74, 6) is 2.33. The average Bonchev–Trinajstić information content (AvgIpc) is 2.51. The van der Waals surface area contributed by atoms with Gasteiger partial charge >= 0.3 is 0 Å². The lowest BCUT2D eigenvalue weighted by Crippen LogP contribution is -2.38. The van der Waals surface area contributed by atoms with E-state index in [-0.39, 0.29) is 35.9 Å². The molecule has 4 nitrogen and oxygen atoms in total. The molecule has 0 fully saturated rings. The van der Waals surface area contributed by atoms with Gasteiger partial charge in [-0.05, 0) is 56.5 Å². The Labute approximate surface area is 160 Å². The molecule has 0 aliphatic heterocycles. The van der Waals surface area contributed by atoms with Gasteiger partial charge in [-0.2, -0.15) is 11.8 Å². The molecule has 0 aliphatic carbocycles. The average molecular weight is 455 g/mol. The quantitative estimate of drug-likeness (QED) is 0.259. The fourth-order valence-electron chi connectivity index (χ4n) is 1.77. The first-order valence-corrected chi connectivity index (χ1v) is 8.98. The van der Waals surface area contributed by atoms with Crippen molar-refractivity contribution in [3.8, 4) is 5.75 Å². The van der Waals surface area contributed by atoms with Gasteiger partial charge in [0.15, 0.2) is 5.96 Å². The van der Waals surface area contributed by atoms with E-state index in [0.29, 0.717) is 12.3 Å². The van der Waals surface area contributed by atoms with E-state index < -0.39 is 0 Å². The zero-order chi connectivity index (χ0) is 16.2. The molecule has 0 aliphatic rings. The zero-order valence-corrected chi connectivity index (χ0v) is 17.1. The van der Waals surface area contributed by atoms with Crippen molar-refractivity contribution in [2.45, 2.75) is 26.4 Å². The largest absolute Gasteiger partial charge is 0.489 e. The highest BCUT2D eigenvalue weighted by Gasteiger charge is 2.04. The van der Waals surface area contributed by atoms with Crippen molar-refractivity contribution in [1.29, 1.82) is 0 Å². The predicted octanol–water partition coefficient (Wildman–Crippen LogP) is 3.52. The third kappa shape index (κ3) is 10.6. The Kier molecular flexibility index (Phi) is 13.3. The van der Waals surface area contributed by atoms with Crippen molar-refractivity contribution >= 4 is 41.7 Å². The maximum atomic E-state index is 12.8. The highest BCUT2D eigenvalue weighted by atomic mass is 127. The summed E-state index contributed by atoms with van der Waals surface area (Å²) in [6.07, 6.45) is 3.13. The Morgan fingerprint density at radius 1 is 1.30 bits per heavy atom. The molecule has 0 saturated carbocycles. The first-order chi connectivity index (χ1) is 10.7. The van der Waals surface area contributed by atoms with Crippen LogP contribution in [0.3, 0.4) is 0 Å². The van der Waals surface area contributed by atoms with Gasteiger partial charge in [0.2, 0.25) is 0 Å². The second kappa shape index (κ2) is 13.7. The number of ether oxygens (including phenoxy) is 1. The van der Waals surface area contributed by atoms with Crippen LogP contribution in [0.15, 0.2) is 29.3 Å². The first kappa shape index (κ1) is 22.3. The number of benzene rings is 1. The number of nitrogens with one attached hydrogen (secondary N) is 2. The fraction of sp³-hybridized carbons (Fsp3) is 0.562. The van der Waals surface area contributed by atoms with Crippen molar-refractivity contribution in [3.05, 3.63) is 30.1 Å². The molecule has 7 heteroatoms. The molecule has 0 bridgehead atoms. The molecule has 0 heterocycles. The molecular formula is C16H27FIN3OS. The molecule has 1 unspecified atom stereocenters. The van der Waals surface area contributed by atoms with Gasteiger partial charge < -0.3 is 15.4 Å². The lowest BCUT2D eigenvalue weighted by atomic mass is 10.3. The van der Waals surface area contributed by atoms with Gasteiger partial charge in [0.25, 0.3) is 0 Å². The molecule has 0 radical (unpaired) electrons. The van der Waals surface area contributed by atoms with Crippen LogP contribution < -0.4 is 15.4 Å². The van der Waals surface area contributed by atoms with Gasteiger partial charge in [-0.15, -0.1) is 24.0 Å². The smallest absolute Gasteiger partial charge is 0.191 e. The van der Waals surface area contributed by atoms with E-state index in [1.807, 2.05) is 25.6 Å². The third-order valence-electron chi connectivity index (χ3n) is 2.82. The third-order valence-corrected chi connectivity index (χ3v) is 3.52. The minimum absolute atomic E-state index is 0. The molecule has 1 rings (SSSR count). The fourth-order valence-corrected chi connectivity index (χ4v) is 2.20. The summed E-state index contributed by atoms with van der Waals surface area (Å²) in [5.41, 5.74) is 0.